The van der Waals surface area contributed by atoms with Crippen molar-refractivity contribution in [2.45, 2.75) is 58.6 Å². The molecule has 0 saturated heterocycles. The lowest BCUT2D eigenvalue weighted by Crippen LogP contribution is -2.47. The number of hydrogen-bond donors (Lipinski definition) is 3. The van der Waals surface area contributed by atoms with Gasteiger partial charge in [0.15, 0.2) is 11.7 Å². The summed E-state index contributed by atoms with van der Waals surface area (Å²) in [6.45, 7) is 7.75. The molecule has 2 aromatic rings. The van der Waals surface area contributed by atoms with Gasteiger partial charge in [0, 0.05) is 18.7 Å². The van der Waals surface area contributed by atoms with E-state index in [1.165, 1.54) is 0 Å². The highest BCUT2D eigenvalue weighted by molar-refractivity contribution is 14.0. The van der Waals surface area contributed by atoms with Crippen LogP contribution < -0.4 is 10.6 Å². The summed E-state index contributed by atoms with van der Waals surface area (Å²) < 4.78 is 5.80. The van der Waals surface area contributed by atoms with Crippen LogP contribution in [0.1, 0.15) is 52.3 Å². The molecule has 1 aromatic heterocycles. The number of oxazole rings is 1. The van der Waals surface area contributed by atoms with Gasteiger partial charge in [-0.05, 0) is 19.8 Å². The van der Waals surface area contributed by atoms with Crippen LogP contribution in [0.5, 0.6) is 0 Å². The number of hydrogen-bond acceptors (Lipinski definition) is 4. The van der Waals surface area contributed by atoms with Gasteiger partial charge in [-0.25, -0.2) is 9.98 Å². The van der Waals surface area contributed by atoms with Gasteiger partial charge in [-0.1, -0.05) is 57.0 Å². The lowest BCUT2D eigenvalue weighted by molar-refractivity contribution is 0.0257. The Balaban J connectivity index is 0.00000392. The van der Waals surface area contributed by atoms with E-state index < -0.39 is 5.60 Å². The highest BCUT2D eigenvalue weighted by Gasteiger charge is 2.24. The Morgan fingerprint density at radius 3 is 2.39 bits per heavy atom. The van der Waals surface area contributed by atoms with Crippen LogP contribution in [-0.4, -0.2) is 34.7 Å². The number of benzene rings is 1. The summed E-state index contributed by atoms with van der Waals surface area (Å²) in [6, 6.07) is 9.88. The second-order valence-electron chi connectivity index (χ2n) is 6.76. The van der Waals surface area contributed by atoms with Crippen LogP contribution in [-0.2, 0) is 6.54 Å². The Kier molecular flexibility index (Phi) is 11.1. The van der Waals surface area contributed by atoms with Crippen LogP contribution in [0.4, 0.5) is 0 Å². The molecule has 7 heteroatoms. The zero-order valence-electron chi connectivity index (χ0n) is 17.1. The smallest absolute Gasteiger partial charge is 0.216 e. The molecule has 0 aliphatic carbocycles. The third-order valence-electron chi connectivity index (χ3n) is 4.34. The van der Waals surface area contributed by atoms with Crippen LogP contribution >= 0.6 is 24.0 Å². The quantitative estimate of drug-likeness (QED) is 0.257. The Bertz CT molecular complexity index is 697. The molecule has 1 heterocycles. The third-order valence-corrected chi connectivity index (χ3v) is 4.34. The molecule has 3 N–H and O–H groups in total. The van der Waals surface area contributed by atoms with E-state index in [2.05, 4.69) is 34.5 Å². The van der Waals surface area contributed by atoms with Gasteiger partial charge in [-0.2, -0.15) is 0 Å². The normalized spacial score (nSPS) is 11.8. The lowest BCUT2D eigenvalue weighted by Gasteiger charge is -2.28. The van der Waals surface area contributed by atoms with Gasteiger partial charge < -0.3 is 20.2 Å². The maximum Gasteiger partial charge on any atom is 0.216 e. The van der Waals surface area contributed by atoms with Crippen molar-refractivity contribution in [1.82, 2.24) is 15.6 Å². The molecule has 0 spiro atoms. The van der Waals surface area contributed by atoms with Crippen molar-refractivity contribution in [3.8, 4) is 11.3 Å². The summed E-state index contributed by atoms with van der Waals surface area (Å²) in [5, 5.41) is 17.2. The van der Waals surface area contributed by atoms with Crippen molar-refractivity contribution < 1.29 is 9.52 Å². The summed E-state index contributed by atoms with van der Waals surface area (Å²) in [7, 11) is 0. The molecule has 0 fully saturated rings. The van der Waals surface area contributed by atoms with E-state index in [0.29, 0.717) is 24.9 Å². The van der Waals surface area contributed by atoms with E-state index in [-0.39, 0.29) is 24.0 Å². The fourth-order valence-electron chi connectivity index (χ4n) is 3.09. The molecular weight excluding hydrogens is 467 g/mol. The molecule has 1 aromatic carbocycles. The largest absolute Gasteiger partial charge is 0.439 e. The van der Waals surface area contributed by atoms with Crippen molar-refractivity contribution in [2.24, 2.45) is 4.99 Å². The average molecular weight is 500 g/mol. The first-order valence-electron chi connectivity index (χ1n) is 9.85. The predicted molar refractivity (Wildman–Crippen MR) is 125 cm³/mol. The summed E-state index contributed by atoms with van der Waals surface area (Å²) in [5.74, 6) is 1.95. The number of aliphatic imine (C=N–C) groups is 1. The number of halogens is 1. The number of nitrogens with zero attached hydrogens (tertiary/aromatic N) is 2. The molecular formula is C21H33IN4O2. The summed E-state index contributed by atoms with van der Waals surface area (Å²) >= 11 is 0. The van der Waals surface area contributed by atoms with Gasteiger partial charge in [0.05, 0.1) is 11.8 Å². The predicted octanol–water partition coefficient (Wildman–Crippen LogP) is 4.35. The minimum atomic E-state index is -0.705. The monoisotopic (exact) mass is 500 g/mol. The van der Waals surface area contributed by atoms with Crippen LogP contribution in [0.3, 0.4) is 0 Å². The van der Waals surface area contributed by atoms with E-state index >= 15 is 0 Å². The Morgan fingerprint density at radius 2 is 1.79 bits per heavy atom. The molecule has 0 atom stereocenters. The number of guanidine groups is 1. The van der Waals surface area contributed by atoms with E-state index in [0.717, 1.165) is 43.6 Å². The zero-order valence-corrected chi connectivity index (χ0v) is 19.4. The molecule has 0 amide bonds. The van der Waals surface area contributed by atoms with Crippen LogP contribution in [0.15, 0.2) is 45.9 Å². The molecule has 0 aliphatic rings. The van der Waals surface area contributed by atoms with Crippen molar-refractivity contribution in [1.29, 1.82) is 0 Å². The second kappa shape index (κ2) is 12.8. The van der Waals surface area contributed by atoms with Gasteiger partial charge in [0.1, 0.15) is 6.54 Å². The number of aliphatic hydroxyl groups is 1. The average Bonchev–Trinajstić information content (AvgIpc) is 3.14. The fourth-order valence-corrected chi connectivity index (χ4v) is 3.09. The first-order valence-corrected chi connectivity index (χ1v) is 9.85. The molecule has 0 saturated carbocycles. The van der Waals surface area contributed by atoms with Crippen LogP contribution in [0.2, 0.25) is 0 Å². The molecule has 0 radical (unpaired) electrons. The SMILES string of the molecule is CCCC(O)(CCC)CNC(=NCc1ncc(-c2ccccc2)o1)NCC.I. The second-order valence-corrected chi connectivity index (χ2v) is 6.76. The zero-order chi connectivity index (χ0) is 19.5. The van der Waals surface area contributed by atoms with Crippen LogP contribution in [0, 0.1) is 0 Å². The Labute approximate surface area is 185 Å². The first kappa shape index (κ1) is 24.4. The maximum atomic E-state index is 10.8. The lowest BCUT2D eigenvalue weighted by atomic mass is 9.93. The standard InChI is InChI=1S/C21H32N4O2.HI/c1-4-12-21(26,13-5-2)16-25-20(22-6-3)24-15-19-23-14-18(27-19)17-10-8-7-9-11-17;/h7-11,14,26H,4-6,12-13,15-16H2,1-3H3,(H2,22,24,25);1H. The number of rotatable bonds is 10. The molecule has 156 valence electrons. The van der Waals surface area contributed by atoms with Gasteiger partial charge in [0.25, 0.3) is 0 Å². The van der Waals surface area contributed by atoms with E-state index in [4.69, 9.17) is 4.42 Å². The summed E-state index contributed by atoms with van der Waals surface area (Å²) in [5.41, 5.74) is 0.290. The van der Waals surface area contributed by atoms with Gasteiger partial charge in [-0.3, -0.25) is 0 Å². The van der Waals surface area contributed by atoms with Crippen LogP contribution in [0.25, 0.3) is 11.3 Å². The molecule has 0 unspecified atom stereocenters. The van der Waals surface area contributed by atoms with Crippen molar-refractivity contribution in [3.05, 3.63) is 42.4 Å². The molecule has 28 heavy (non-hydrogen) atoms. The minimum Gasteiger partial charge on any atom is -0.439 e. The third kappa shape index (κ3) is 7.79. The molecule has 2 rings (SSSR count). The Hall–Kier alpha value is -1.61. The van der Waals surface area contributed by atoms with E-state index in [1.54, 1.807) is 6.20 Å². The summed E-state index contributed by atoms with van der Waals surface area (Å²) in [6.07, 6.45) is 5.16. The first-order chi connectivity index (χ1) is 13.1. The van der Waals surface area contributed by atoms with Crippen molar-refractivity contribution in [3.63, 3.8) is 0 Å². The maximum absolute atomic E-state index is 10.8. The van der Waals surface area contributed by atoms with Gasteiger partial charge >= 0.3 is 0 Å². The van der Waals surface area contributed by atoms with Crippen molar-refractivity contribution in [2.75, 3.05) is 13.1 Å². The molecule has 0 aliphatic heterocycles. The van der Waals surface area contributed by atoms with E-state index in [9.17, 15) is 5.11 Å². The van der Waals surface area contributed by atoms with Crippen molar-refractivity contribution >= 4 is 29.9 Å². The topological polar surface area (TPSA) is 82.7 Å². The highest BCUT2D eigenvalue weighted by atomic mass is 127. The van der Waals surface area contributed by atoms with Gasteiger partial charge in [0.2, 0.25) is 5.89 Å². The Morgan fingerprint density at radius 1 is 1.11 bits per heavy atom. The minimum absolute atomic E-state index is 0. The number of aromatic nitrogens is 1. The number of nitrogens with one attached hydrogen (secondary N) is 2. The highest BCUT2D eigenvalue weighted by Crippen LogP contribution is 2.20. The van der Waals surface area contributed by atoms with E-state index in [1.807, 2.05) is 37.3 Å². The molecule has 6 nitrogen and oxygen atoms in total. The fraction of sp³-hybridized carbons (Fsp3) is 0.524. The van der Waals surface area contributed by atoms with Gasteiger partial charge in [-0.15, -0.1) is 24.0 Å². The molecule has 0 bridgehead atoms. The summed E-state index contributed by atoms with van der Waals surface area (Å²) in [4.78, 5) is 8.85.